The number of sulfonamides is 1. The van der Waals surface area contributed by atoms with E-state index in [1.165, 1.54) is 0 Å². The summed E-state index contributed by atoms with van der Waals surface area (Å²) in [6.45, 7) is 10.8. The van der Waals surface area contributed by atoms with Crippen LogP contribution < -0.4 is 19.1 Å². The van der Waals surface area contributed by atoms with Crippen molar-refractivity contribution in [1.82, 2.24) is 0 Å². The molecule has 1 saturated heterocycles. The molecule has 1 fully saturated rings. The van der Waals surface area contributed by atoms with Gasteiger partial charge < -0.3 is 19.1 Å². The average molecular weight is 469 g/mol. The molecule has 0 saturated carbocycles. The number of hydrogen-bond acceptors (Lipinski definition) is 6. The van der Waals surface area contributed by atoms with E-state index in [1.54, 1.807) is 32.0 Å². The number of benzene rings is 2. The molecule has 31 heavy (non-hydrogen) atoms. The van der Waals surface area contributed by atoms with Crippen LogP contribution in [-0.2, 0) is 14.8 Å². The molecule has 2 aromatic carbocycles. The van der Waals surface area contributed by atoms with Gasteiger partial charge in [-0.3, -0.25) is 4.72 Å². The zero-order chi connectivity index (χ0) is 22.6. The highest BCUT2D eigenvalue weighted by Gasteiger charge is 2.24. The lowest BCUT2D eigenvalue weighted by Gasteiger charge is -2.31. The van der Waals surface area contributed by atoms with Crippen LogP contribution in [0.15, 0.2) is 29.2 Å². The molecule has 7 nitrogen and oxygen atoms in total. The molecule has 0 unspecified atom stereocenters. The van der Waals surface area contributed by atoms with Crippen LogP contribution in [0.5, 0.6) is 11.5 Å². The van der Waals surface area contributed by atoms with Crippen LogP contribution in [0.1, 0.15) is 25.0 Å². The van der Waals surface area contributed by atoms with E-state index in [-0.39, 0.29) is 4.90 Å². The summed E-state index contributed by atoms with van der Waals surface area (Å²) in [5, 5.41) is 0.528. The van der Waals surface area contributed by atoms with Crippen LogP contribution in [0.25, 0.3) is 0 Å². The van der Waals surface area contributed by atoms with Gasteiger partial charge in [0.25, 0.3) is 10.0 Å². The molecular weight excluding hydrogens is 440 g/mol. The van der Waals surface area contributed by atoms with Crippen molar-refractivity contribution < 1.29 is 22.6 Å². The average Bonchev–Trinajstić information content (AvgIpc) is 2.73. The minimum absolute atomic E-state index is 0.173. The van der Waals surface area contributed by atoms with Crippen molar-refractivity contribution in [2.45, 2.75) is 32.6 Å². The van der Waals surface area contributed by atoms with Crippen LogP contribution in [0, 0.1) is 13.8 Å². The Bertz CT molecular complexity index is 1040. The first-order chi connectivity index (χ1) is 14.8. The topological polar surface area (TPSA) is 77.1 Å². The van der Waals surface area contributed by atoms with Crippen molar-refractivity contribution in [3.8, 4) is 11.5 Å². The van der Waals surface area contributed by atoms with Gasteiger partial charge in [0.05, 0.1) is 42.7 Å². The number of aryl methyl sites for hydroxylation is 2. The normalized spacial score (nSPS) is 14.4. The molecule has 1 heterocycles. The number of nitrogens with one attached hydrogen (secondary N) is 1. The Kier molecular flexibility index (Phi) is 7.56. The SMILES string of the molecule is CCOc1cc(N2CCOCC2)c(OCC)cc1NS(=O)(=O)c1cc(C)c(Cl)cc1C. The second-order valence-electron chi connectivity index (χ2n) is 7.25. The molecule has 170 valence electrons. The van der Waals surface area contributed by atoms with E-state index in [2.05, 4.69) is 9.62 Å². The minimum Gasteiger partial charge on any atom is -0.492 e. The number of nitrogens with zero attached hydrogens (tertiary/aromatic N) is 1. The highest BCUT2D eigenvalue weighted by Crippen LogP contribution is 2.40. The summed E-state index contributed by atoms with van der Waals surface area (Å²) in [6, 6.07) is 6.75. The standard InChI is InChI=1S/C22H29ClN2O5S/c1-5-29-20-14-19(25-7-9-28-10-8-25)21(30-6-2)13-18(20)24-31(26,27)22-12-15(3)17(23)11-16(22)4/h11-14,24H,5-10H2,1-4H3. The first kappa shape index (κ1) is 23.5. The quantitative estimate of drug-likeness (QED) is 0.619. The van der Waals surface area contributed by atoms with Crippen molar-refractivity contribution in [2.75, 3.05) is 49.1 Å². The third kappa shape index (κ3) is 5.37. The Balaban J connectivity index is 2.05. The summed E-state index contributed by atoms with van der Waals surface area (Å²) in [5.41, 5.74) is 2.44. The van der Waals surface area contributed by atoms with Gasteiger partial charge in [-0.25, -0.2) is 8.42 Å². The summed E-state index contributed by atoms with van der Waals surface area (Å²) in [5.74, 6) is 1.04. The monoisotopic (exact) mass is 468 g/mol. The zero-order valence-corrected chi connectivity index (χ0v) is 19.9. The summed E-state index contributed by atoms with van der Waals surface area (Å²) >= 11 is 6.14. The fourth-order valence-electron chi connectivity index (χ4n) is 3.47. The van der Waals surface area contributed by atoms with E-state index < -0.39 is 10.0 Å². The molecule has 0 bridgehead atoms. The zero-order valence-electron chi connectivity index (χ0n) is 18.3. The van der Waals surface area contributed by atoms with Gasteiger partial charge in [0.15, 0.2) is 0 Å². The van der Waals surface area contributed by atoms with Gasteiger partial charge in [-0.2, -0.15) is 0 Å². The number of anilines is 2. The van der Waals surface area contributed by atoms with Gasteiger partial charge in [0.1, 0.15) is 11.5 Å². The molecule has 0 aromatic heterocycles. The Morgan fingerprint density at radius 2 is 1.65 bits per heavy atom. The van der Waals surface area contributed by atoms with Gasteiger partial charge in [-0.05, 0) is 51.0 Å². The van der Waals surface area contributed by atoms with Crippen LogP contribution in [0.3, 0.4) is 0 Å². The molecule has 3 rings (SSSR count). The van der Waals surface area contributed by atoms with E-state index in [9.17, 15) is 8.42 Å². The number of ether oxygens (including phenoxy) is 3. The Morgan fingerprint density at radius 3 is 2.29 bits per heavy atom. The number of hydrogen-bond donors (Lipinski definition) is 1. The summed E-state index contributed by atoms with van der Waals surface area (Å²) in [6.07, 6.45) is 0. The fourth-order valence-corrected chi connectivity index (χ4v) is 5.06. The van der Waals surface area contributed by atoms with E-state index in [1.807, 2.05) is 19.9 Å². The van der Waals surface area contributed by atoms with Crippen LogP contribution in [-0.4, -0.2) is 47.9 Å². The predicted molar refractivity (Wildman–Crippen MR) is 124 cm³/mol. The lowest BCUT2D eigenvalue weighted by molar-refractivity contribution is 0.122. The molecule has 0 radical (unpaired) electrons. The van der Waals surface area contributed by atoms with E-state index in [0.717, 1.165) is 18.8 Å². The maximum atomic E-state index is 13.2. The molecule has 0 atom stereocenters. The molecule has 0 amide bonds. The van der Waals surface area contributed by atoms with Gasteiger partial charge in [-0.1, -0.05) is 11.6 Å². The van der Waals surface area contributed by atoms with Gasteiger partial charge in [0.2, 0.25) is 0 Å². The van der Waals surface area contributed by atoms with Crippen LogP contribution in [0.4, 0.5) is 11.4 Å². The van der Waals surface area contributed by atoms with Gasteiger partial charge >= 0.3 is 0 Å². The van der Waals surface area contributed by atoms with Crippen molar-refractivity contribution in [3.63, 3.8) is 0 Å². The van der Waals surface area contributed by atoms with Crippen molar-refractivity contribution >= 4 is 33.0 Å². The van der Waals surface area contributed by atoms with Gasteiger partial charge in [0, 0.05) is 30.2 Å². The van der Waals surface area contributed by atoms with Gasteiger partial charge in [-0.15, -0.1) is 0 Å². The molecule has 0 aliphatic carbocycles. The highest BCUT2D eigenvalue weighted by molar-refractivity contribution is 7.92. The maximum Gasteiger partial charge on any atom is 0.262 e. The Morgan fingerprint density at radius 1 is 1.00 bits per heavy atom. The molecule has 1 N–H and O–H groups in total. The minimum atomic E-state index is -3.87. The highest BCUT2D eigenvalue weighted by atomic mass is 35.5. The van der Waals surface area contributed by atoms with Crippen molar-refractivity contribution in [1.29, 1.82) is 0 Å². The molecule has 2 aromatic rings. The maximum absolute atomic E-state index is 13.2. The van der Waals surface area contributed by atoms with Crippen LogP contribution in [0.2, 0.25) is 5.02 Å². The molecular formula is C22H29ClN2O5S. The molecule has 1 aliphatic rings. The largest absolute Gasteiger partial charge is 0.492 e. The molecule has 0 spiro atoms. The number of rotatable bonds is 8. The van der Waals surface area contributed by atoms with Crippen LogP contribution >= 0.6 is 11.6 Å². The first-order valence-electron chi connectivity index (χ1n) is 10.3. The van der Waals surface area contributed by atoms with Crippen molar-refractivity contribution in [3.05, 3.63) is 40.4 Å². The first-order valence-corrected chi connectivity index (χ1v) is 12.2. The Hall–Kier alpha value is -2.16. The summed E-state index contributed by atoms with van der Waals surface area (Å²) in [4.78, 5) is 2.33. The number of morpholine rings is 1. The smallest absolute Gasteiger partial charge is 0.262 e. The molecule has 1 aliphatic heterocycles. The lowest BCUT2D eigenvalue weighted by Crippen LogP contribution is -2.36. The summed E-state index contributed by atoms with van der Waals surface area (Å²) in [7, 11) is -3.87. The van der Waals surface area contributed by atoms with E-state index >= 15 is 0 Å². The predicted octanol–water partition coefficient (Wildman–Crippen LogP) is 4.39. The molecule has 9 heteroatoms. The summed E-state index contributed by atoms with van der Waals surface area (Å²) < 4.78 is 46.2. The third-order valence-electron chi connectivity index (χ3n) is 5.00. The second-order valence-corrected chi connectivity index (χ2v) is 9.31. The number of halogens is 1. The second kappa shape index (κ2) is 9.97. The third-order valence-corrected chi connectivity index (χ3v) is 6.92. The fraction of sp³-hybridized carbons (Fsp3) is 0.455. The van der Waals surface area contributed by atoms with E-state index in [0.29, 0.717) is 59.8 Å². The Labute approximate surface area is 189 Å². The van der Waals surface area contributed by atoms with E-state index in [4.69, 9.17) is 25.8 Å². The van der Waals surface area contributed by atoms with Crippen molar-refractivity contribution in [2.24, 2.45) is 0 Å². The lowest BCUT2D eigenvalue weighted by atomic mass is 10.2.